The molecule has 3 aromatic rings. The molecule has 0 radical (unpaired) electrons. The van der Waals surface area contributed by atoms with Crippen LogP contribution in [-0.4, -0.2) is 39.4 Å². The third-order valence-electron chi connectivity index (χ3n) is 4.11. The van der Waals surface area contributed by atoms with E-state index < -0.39 is 0 Å². The van der Waals surface area contributed by atoms with Gasteiger partial charge in [-0.05, 0) is 25.0 Å². The number of hydrogen-bond acceptors (Lipinski definition) is 5. The number of halogens is 1. The predicted molar refractivity (Wildman–Crippen MR) is 91.8 cm³/mol. The van der Waals surface area contributed by atoms with Gasteiger partial charge < -0.3 is 9.64 Å². The molecule has 8 heteroatoms. The van der Waals surface area contributed by atoms with Gasteiger partial charge in [-0.25, -0.2) is 0 Å². The van der Waals surface area contributed by atoms with E-state index in [0.717, 1.165) is 19.4 Å². The normalized spacial score (nSPS) is 18.0. The first-order valence-electron chi connectivity index (χ1n) is 7.80. The monoisotopic (exact) mass is 345 g/mol. The van der Waals surface area contributed by atoms with E-state index in [1.54, 1.807) is 0 Å². The summed E-state index contributed by atoms with van der Waals surface area (Å²) in [5, 5.41) is 7.66. The highest BCUT2D eigenvalue weighted by Crippen LogP contribution is 2.27. The number of hydrogen-bond donors (Lipinski definition) is 2. The van der Waals surface area contributed by atoms with Crippen LogP contribution in [-0.2, 0) is 0 Å². The SMILES string of the molecule is O=c1[nH]c(N2CCCC(Oc3ccccc3Cl)C2)nc2[nH]ncc12. The van der Waals surface area contributed by atoms with Crippen LogP contribution in [0.25, 0.3) is 11.0 Å². The van der Waals surface area contributed by atoms with E-state index in [-0.39, 0.29) is 11.7 Å². The zero-order valence-corrected chi connectivity index (χ0v) is 13.6. The molecule has 0 bridgehead atoms. The second-order valence-corrected chi connectivity index (χ2v) is 6.19. The van der Waals surface area contributed by atoms with Crippen molar-refractivity contribution in [2.45, 2.75) is 18.9 Å². The van der Waals surface area contributed by atoms with Gasteiger partial charge in [0.05, 0.1) is 17.8 Å². The molecule has 124 valence electrons. The highest BCUT2D eigenvalue weighted by Gasteiger charge is 2.24. The Hall–Kier alpha value is -2.54. The molecule has 0 aliphatic carbocycles. The number of anilines is 1. The summed E-state index contributed by atoms with van der Waals surface area (Å²) in [6.45, 7) is 1.44. The minimum Gasteiger partial charge on any atom is -0.487 e. The lowest BCUT2D eigenvalue weighted by molar-refractivity contribution is 0.179. The maximum atomic E-state index is 12.1. The Labute approximate surface area is 142 Å². The summed E-state index contributed by atoms with van der Waals surface area (Å²) in [6, 6.07) is 7.43. The first-order chi connectivity index (χ1) is 11.7. The van der Waals surface area contributed by atoms with E-state index in [1.165, 1.54) is 6.20 Å². The third-order valence-corrected chi connectivity index (χ3v) is 4.43. The third kappa shape index (κ3) is 2.82. The summed E-state index contributed by atoms with van der Waals surface area (Å²) in [7, 11) is 0. The minimum absolute atomic E-state index is 0.0126. The van der Waals surface area contributed by atoms with Gasteiger partial charge in [0, 0.05) is 6.54 Å². The fraction of sp³-hybridized carbons (Fsp3) is 0.312. The number of benzene rings is 1. The lowest BCUT2D eigenvalue weighted by Crippen LogP contribution is -2.42. The van der Waals surface area contributed by atoms with E-state index in [1.807, 2.05) is 29.2 Å². The Morgan fingerprint density at radius 3 is 3.08 bits per heavy atom. The van der Waals surface area contributed by atoms with Crippen molar-refractivity contribution in [3.8, 4) is 5.75 Å². The van der Waals surface area contributed by atoms with Crippen LogP contribution >= 0.6 is 11.6 Å². The lowest BCUT2D eigenvalue weighted by Gasteiger charge is -2.33. The number of ether oxygens (including phenoxy) is 1. The molecular formula is C16H16ClN5O2. The predicted octanol–water partition coefficient (Wildman–Crippen LogP) is 2.35. The maximum absolute atomic E-state index is 12.1. The molecule has 4 rings (SSSR count). The first kappa shape index (κ1) is 15.0. The van der Waals surface area contributed by atoms with E-state index in [2.05, 4.69) is 20.2 Å². The maximum Gasteiger partial charge on any atom is 0.263 e. The van der Waals surface area contributed by atoms with Gasteiger partial charge in [0.2, 0.25) is 5.95 Å². The standard InChI is InChI=1S/C16H16ClN5O2/c17-12-5-1-2-6-13(12)24-10-4-3-7-22(9-10)16-19-14-11(8-18-21-14)15(23)20-16/h1-2,5-6,8,10H,3-4,7,9H2,(H2,18,19,20,21,23). The van der Waals surface area contributed by atoms with Crippen molar-refractivity contribution in [1.82, 2.24) is 20.2 Å². The largest absolute Gasteiger partial charge is 0.487 e. The highest BCUT2D eigenvalue weighted by molar-refractivity contribution is 6.32. The van der Waals surface area contributed by atoms with Crippen LogP contribution in [0.15, 0.2) is 35.3 Å². The van der Waals surface area contributed by atoms with Crippen molar-refractivity contribution in [2.24, 2.45) is 0 Å². The van der Waals surface area contributed by atoms with Gasteiger partial charge in [-0.3, -0.25) is 14.9 Å². The molecule has 1 atom stereocenters. The molecule has 1 saturated heterocycles. The Morgan fingerprint density at radius 1 is 1.33 bits per heavy atom. The van der Waals surface area contributed by atoms with Crippen molar-refractivity contribution in [2.75, 3.05) is 18.0 Å². The van der Waals surface area contributed by atoms with Gasteiger partial charge in [-0.15, -0.1) is 0 Å². The van der Waals surface area contributed by atoms with Crippen molar-refractivity contribution < 1.29 is 4.74 Å². The summed E-state index contributed by atoms with van der Waals surface area (Å²) in [4.78, 5) is 21.4. The zero-order chi connectivity index (χ0) is 16.5. The summed E-state index contributed by atoms with van der Waals surface area (Å²) in [6.07, 6.45) is 3.34. The lowest BCUT2D eigenvalue weighted by atomic mass is 10.1. The Morgan fingerprint density at radius 2 is 2.21 bits per heavy atom. The number of para-hydroxylation sites is 1. The molecule has 2 N–H and O–H groups in total. The number of aromatic nitrogens is 4. The number of fused-ring (bicyclic) bond motifs is 1. The smallest absolute Gasteiger partial charge is 0.263 e. The quantitative estimate of drug-likeness (QED) is 0.761. The van der Waals surface area contributed by atoms with Crippen LogP contribution in [0.4, 0.5) is 5.95 Å². The number of nitrogens with one attached hydrogen (secondary N) is 2. The minimum atomic E-state index is -0.196. The summed E-state index contributed by atoms with van der Waals surface area (Å²) >= 11 is 6.16. The average Bonchev–Trinajstić information content (AvgIpc) is 3.06. The second kappa shape index (κ2) is 6.16. The molecular weight excluding hydrogens is 330 g/mol. The van der Waals surface area contributed by atoms with Crippen LogP contribution in [0.2, 0.25) is 5.02 Å². The first-order valence-corrected chi connectivity index (χ1v) is 8.18. The molecule has 1 unspecified atom stereocenters. The van der Waals surface area contributed by atoms with E-state index in [0.29, 0.717) is 34.3 Å². The van der Waals surface area contributed by atoms with E-state index >= 15 is 0 Å². The fourth-order valence-electron chi connectivity index (χ4n) is 2.93. The van der Waals surface area contributed by atoms with Crippen molar-refractivity contribution in [3.63, 3.8) is 0 Å². The summed E-state index contributed by atoms with van der Waals surface area (Å²) in [5.74, 6) is 1.21. The van der Waals surface area contributed by atoms with Crippen LogP contribution in [0.1, 0.15) is 12.8 Å². The molecule has 1 aromatic carbocycles. The second-order valence-electron chi connectivity index (χ2n) is 5.78. The Bertz CT molecular complexity index is 922. The van der Waals surface area contributed by atoms with Gasteiger partial charge in [0.25, 0.3) is 5.56 Å². The number of H-pyrrole nitrogens is 2. The molecule has 1 aliphatic heterocycles. The van der Waals surface area contributed by atoms with Gasteiger partial charge in [0.1, 0.15) is 17.2 Å². The highest BCUT2D eigenvalue weighted by atomic mass is 35.5. The van der Waals surface area contributed by atoms with Crippen LogP contribution in [0.3, 0.4) is 0 Å². The molecule has 0 saturated carbocycles. The van der Waals surface area contributed by atoms with Gasteiger partial charge in [0.15, 0.2) is 5.65 Å². The molecule has 24 heavy (non-hydrogen) atoms. The number of piperidine rings is 1. The fourth-order valence-corrected chi connectivity index (χ4v) is 3.11. The molecule has 2 aromatic heterocycles. The molecule has 1 aliphatic rings. The molecule has 0 spiro atoms. The topological polar surface area (TPSA) is 86.9 Å². The van der Waals surface area contributed by atoms with Crippen LogP contribution < -0.4 is 15.2 Å². The van der Waals surface area contributed by atoms with E-state index in [4.69, 9.17) is 16.3 Å². The van der Waals surface area contributed by atoms with Gasteiger partial charge in [-0.2, -0.15) is 10.1 Å². The number of aromatic amines is 2. The zero-order valence-electron chi connectivity index (χ0n) is 12.8. The number of rotatable bonds is 3. The summed E-state index contributed by atoms with van der Waals surface area (Å²) < 4.78 is 6.03. The van der Waals surface area contributed by atoms with E-state index in [9.17, 15) is 4.79 Å². The number of nitrogens with zero attached hydrogens (tertiary/aromatic N) is 3. The van der Waals surface area contributed by atoms with Crippen molar-refractivity contribution in [3.05, 3.63) is 45.8 Å². The average molecular weight is 346 g/mol. The molecule has 3 heterocycles. The molecule has 0 amide bonds. The Balaban J connectivity index is 1.55. The Kier molecular flexibility index (Phi) is 3.86. The summed E-state index contributed by atoms with van der Waals surface area (Å²) in [5.41, 5.74) is 0.292. The van der Waals surface area contributed by atoms with Crippen molar-refractivity contribution >= 4 is 28.6 Å². The van der Waals surface area contributed by atoms with Crippen LogP contribution in [0, 0.1) is 0 Å². The van der Waals surface area contributed by atoms with Gasteiger partial charge >= 0.3 is 0 Å². The van der Waals surface area contributed by atoms with Gasteiger partial charge in [-0.1, -0.05) is 23.7 Å². The van der Waals surface area contributed by atoms with Crippen molar-refractivity contribution in [1.29, 1.82) is 0 Å². The molecule has 1 fully saturated rings. The van der Waals surface area contributed by atoms with Crippen LogP contribution in [0.5, 0.6) is 5.75 Å². The molecule has 7 nitrogen and oxygen atoms in total.